The molecule has 59 heavy (non-hydrogen) atoms. The summed E-state index contributed by atoms with van der Waals surface area (Å²) in [6.45, 7) is 0. The fraction of sp³-hybridized carbons (Fsp3) is 0.0189. The Balaban J connectivity index is 1.19. The first-order valence-electron chi connectivity index (χ1n) is 20.0. The maximum atomic E-state index is 16.8. The number of aromatic nitrogens is 3. The minimum Gasteiger partial charge on any atom is -0.310 e. The van der Waals surface area contributed by atoms with Crippen molar-refractivity contribution in [2.75, 3.05) is 4.90 Å². The van der Waals surface area contributed by atoms with Crippen molar-refractivity contribution in [3.05, 3.63) is 230 Å². The third kappa shape index (κ3) is 5.48. The molecule has 0 fully saturated rings. The average molecular weight is 777 g/mol. The number of anilines is 3. The van der Waals surface area contributed by atoms with E-state index >= 15 is 4.39 Å². The molecule has 6 heteroatoms. The van der Waals surface area contributed by atoms with Gasteiger partial charge in [0.15, 0.2) is 14.2 Å². The van der Waals surface area contributed by atoms with Gasteiger partial charge < -0.3 is 4.90 Å². The first-order chi connectivity index (χ1) is 29.2. The minimum atomic E-state index is -2.94. The van der Waals surface area contributed by atoms with Gasteiger partial charge in [-0.3, -0.25) is 9.55 Å². The van der Waals surface area contributed by atoms with Crippen molar-refractivity contribution in [2.45, 2.75) is 6.17 Å². The van der Waals surface area contributed by atoms with Crippen LogP contribution in [-0.2, 0) is 0 Å². The van der Waals surface area contributed by atoms with E-state index in [4.69, 9.17) is 4.98 Å². The largest absolute Gasteiger partial charge is 0.310 e. The number of alkyl halides is 1. The average Bonchev–Trinajstić information content (AvgIpc) is 3.66. The number of hydrogen-bond acceptors (Lipinski definition) is 3. The maximum absolute atomic E-state index is 16.8. The molecule has 4 heterocycles. The first kappa shape index (κ1) is 34.8. The Bertz CT molecular complexity index is 3090. The van der Waals surface area contributed by atoms with E-state index in [2.05, 4.69) is 154 Å². The van der Waals surface area contributed by atoms with Crippen LogP contribution >= 0.6 is 0 Å². The number of hydrogen-bond donors (Lipinski definition) is 0. The molecule has 11 rings (SSSR count). The van der Waals surface area contributed by atoms with Crippen LogP contribution in [0.25, 0.3) is 38.9 Å². The smallest absolute Gasteiger partial charge is 0.184 e. The summed E-state index contributed by atoms with van der Waals surface area (Å²) >= 11 is 0. The molecule has 1 atom stereocenters. The normalized spacial score (nSPS) is 13.5. The number of benzene rings is 7. The van der Waals surface area contributed by atoms with Gasteiger partial charge in [-0.05, 0) is 98.6 Å². The zero-order valence-electron chi connectivity index (χ0n) is 32.0. The van der Waals surface area contributed by atoms with Crippen LogP contribution in [0, 0.1) is 0 Å². The molecule has 0 aliphatic carbocycles. The molecule has 280 valence electrons. The zero-order valence-corrected chi connectivity index (χ0v) is 33.0. The molecular formula is C53H37FN4Si. The molecular weight excluding hydrogens is 740 g/mol. The van der Waals surface area contributed by atoms with Gasteiger partial charge in [0.05, 0.1) is 16.9 Å². The molecule has 3 aromatic heterocycles. The number of nitrogens with zero attached hydrogens (tertiary/aromatic N) is 4. The summed E-state index contributed by atoms with van der Waals surface area (Å²) in [6, 6.07) is 72.0. The van der Waals surface area contributed by atoms with Crippen LogP contribution < -0.4 is 25.6 Å². The lowest BCUT2D eigenvalue weighted by Gasteiger charge is -2.45. The van der Waals surface area contributed by atoms with Crippen LogP contribution in [0.2, 0.25) is 0 Å². The Morgan fingerprint density at radius 3 is 1.88 bits per heavy atom. The number of pyridine rings is 2. The van der Waals surface area contributed by atoms with Crippen molar-refractivity contribution < 1.29 is 4.39 Å². The molecule has 1 unspecified atom stereocenters. The van der Waals surface area contributed by atoms with Gasteiger partial charge in [-0.1, -0.05) is 140 Å². The number of rotatable bonds is 7. The Morgan fingerprint density at radius 2 is 1.14 bits per heavy atom. The van der Waals surface area contributed by atoms with Crippen LogP contribution in [0.15, 0.2) is 219 Å². The fourth-order valence-corrected chi connectivity index (χ4v) is 14.5. The highest BCUT2D eigenvalue weighted by molar-refractivity contribution is 7.21. The van der Waals surface area contributed by atoms with Crippen molar-refractivity contribution in [2.24, 2.45) is 0 Å². The van der Waals surface area contributed by atoms with Crippen molar-refractivity contribution in [3.63, 3.8) is 0 Å². The van der Waals surface area contributed by atoms with Gasteiger partial charge in [0.1, 0.15) is 5.65 Å². The van der Waals surface area contributed by atoms with Crippen LogP contribution in [0.3, 0.4) is 0 Å². The van der Waals surface area contributed by atoms with E-state index in [0.717, 1.165) is 55.9 Å². The van der Waals surface area contributed by atoms with Crippen molar-refractivity contribution in [3.8, 4) is 16.9 Å². The Morgan fingerprint density at radius 1 is 0.492 bits per heavy atom. The Kier molecular flexibility index (Phi) is 8.38. The highest BCUT2D eigenvalue weighted by Crippen LogP contribution is 2.45. The second kappa shape index (κ2) is 14.2. The molecule has 0 bridgehead atoms. The second-order valence-corrected chi connectivity index (χ2v) is 18.8. The summed E-state index contributed by atoms with van der Waals surface area (Å²) in [5, 5.41) is 7.43. The van der Waals surface area contributed by atoms with E-state index in [-0.39, 0.29) is 0 Å². The Labute approximate surface area is 343 Å². The zero-order chi connectivity index (χ0) is 39.3. The third-order valence-electron chi connectivity index (χ3n) is 11.8. The van der Waals surface area contributed by atoms with Crippen molar-refractivity contribution in [1.82, 2.24) is 14.5 Å². The summed E-state index contributed by atoms with van der Waals surface area (Å²) in [7, 11) is -2.94. The summed E-state index contributed by atoms with van der Waals surface area (Å²) in [4.78, 5) is 12.0. The fourth-order valence-electron chi connectivity index (χ4n) is 9.38. The summed E-state index contributed by atoms with van der Waals surface area (Å²) in [5.74, 6) is 0. The molecule has 10 aromatic rings. The van der Waals surface area contributed by atoms with Gasteiger partial charge in [0, 0.05) is 45.8 Å². The van der Waals surface area contributed by atoms with E-state index in [1.165, 1.54) is 20.7 Å². The number of halogens is 1. The molecule has 0 saturated heterocycles. The highest BCUT2D eigenvalue weighted by Gasteiger charge is 2.49. The molecule has 0 spiro atoms. The SMILES string of the molecule is FC(c1cccc(-c2ccccn2)c1)c1cccc(-n2c3ccc4c(c3c3cccnc32)N(c2ccccc2)c2ccccc2[Si]4(c2ccccc2)c2ccccc2)c1. The van der Waals surface area contributed by atoms with E-state index in [1.54, 1.807) is 6.20 Å². The molecule has 1 aliphatic rings. The molecule has 0 saturated carbocycles. The predicted octanol–water partition coefficient (Wildman–Crippen LogP) is 10.5. The van der Waals surface area contributed by atoms with Crippen LogP contribution in [-0.4, -0.2) is 22.6 Å². The summed E-state index contributed by atoms with van der Waals surface area (Å²) in [6.07, 6.45) is 2.27. The van der Waals surface area contributed by atoms with E-state index in [0.29, 0.717) is 11.1 Å². The quantitative estimate of drug-likeness (QED) is 0.151. The van der Waals surface area contributed by atoms with Crippen molar-refractivity contribution in [1.29, 1.82) is 0 Å². The number of fused-ring (bicyclic) bond motifs is 6. The maximum Gasteiger partial charge on any atom is 0.184 e. The lowest BCUT2D eigenvalue weighted by molar-refractivity contribution is 0.402. The van der Waals surface area contributed by atoms with Gasteiger partial charge in [0.2, 0.25) is 0 Å². The monoisotopic (exact) mass is 776 g/mol. The molecule has 0 radical (unpaired) electrons. The second-order valence-electron chi connectivity index (χ2n) is 15.0. The van der Waals surface area contributed by atoms with Gasteiger partial charge in [0.25, 0.3) is 0 Å². The van der Waals surface area contributed by atoms with Gasteiger partial charge in [-0.15, -0.1) is 0 Å². The molecule has 4 nitrogen and oxygen atoms in total. The minimum absolute atomic E-state index is 0.573. The molecule has 0 amide bonds. The molecule has 0 N–H and O–H groups in total. The van der Waals surface area contributed by atoms with Gasteiger partial charge in [-0.25, -0.2) is 9.37 Å². The van der Waals surface area contributed by atoms with Crippen molar-refractivity contribution >= 4 is 67.8 Å². The lowest BCUT2D eigenvalue weighted by atomic mass is 9.99. The summed E-state index contributed by atoms with van der Waals surface area (Å²) < 4.78 is 19.0. The Hall–Kier alpha value is -7.41. The molecule has 7 aromatic carbocycles. The van der Waals surface area contributed by atoms with Crippen LogP contribution in [0.5, 0.6) is 0 Å². The van der Waals surface area contributed by atoms with Gasteiger partial charge >= 0.3 is 0 Å². The van der Waals surface area contributed by atoms with E-state index in [1.807, 2.05) is 72.9 Å². The van der Waals surface area contributed by atoms with E-state index < -0.39 is 14.2 Å². The van der Waals surface area contributed by atoms with Gasteiger partial charge in [-0.2, -0.15) is 0 Å². The third-order valence-corrected chi connectivity index (χ3v) is 16.7. The topological polar surface area (TPSA) is 34.0 Å². The highest BCUT2D eigenvalue weighted by atomic mass is 28.3. The number of para-hydroxylation sites is 2. The first-order valence-corrected chi connectivity index (χ1v) is 22.0. The van der Waals surface area contributed by atoms with E-state index in [9.17, 15) is 0 Å². The van der Waals surface area contributed by atoms with Crippen LogP contribution in [0.1, 0.15) is 17.3 Å². The standard InChI is InChI=1S/C53H37FN4Si/c54-51(38-18-14-17-37(35-38)45-28-12-13-33-55-45)39-19-15-22-41(36-39)58-47-31-32-49-52(50(47)44-27-16-34-56-53(44)58)57(40-20-4-1-5-21-40)46-29-10-11-30-48(46)59(49,42-23-6-2-7-24-42)43-25-8-3-9-26-43/h1-36,51H. The predicted molar refractivity (Wildman–Crippen MR) is 243 cm³/mol. The lowest BCUT2D eigenvalue weighted by Crippen LogP contribution is -2.77. The van der Waals surface area contributed by atoms with Crippen LogP contribution in [0.4, 0.5) is 21.5 Å². The summed E-state index contributed by atoms with van der Waals surface area (Å²) in [5.41, 5.74) is 8.92. The molecule has 1 aliphatic heterocycles.